The van der Waals surface area contributed by atoms with E-state index in [1.807, 2.05) is 0 Å². The molecule has 0 atom stereocenters. The Hall–Kier alpha value is -2.31. The molecule has 7 heteroatoms. The van der Waals surface area contributed by atoms with E-state index in [4.69, 9.17) is 10.2 Å². The molecule has 0 aliphatic heterocycles. The van der Waals surface area contributed by atoms with E-state index in [0.717, 1.165) is 12.1 Å². The van der Waals surface area contributed by atoms with Gasteiger partial charge in [-0.3, -0.25) is 0 Å². The molecule has 2 nitrogen and oxygen atoms in total. The van der Waals surface area contributed by atoms with Crippen LogP contribution in [0.4, 0.5) is 22.0 Å². The predicted molar refractivity (Wildman–Crippen MR) is 55.0 cm³/mol. The lowest BCUT2D eigenvalue weighted by atomic mass is 10.0. The molecule has 0 radical (unpaired) electrons. The fourth-order valence-electron chi connectivity index (χ4n) is 1.56. The lowest BCUT2D eigenvalue weighted by Gasteiger charge is -2.10. The summed E-state index contributed by atoms with van der Waals surface area (Å²) in [6.07, 6.45) is 0. The highest BCUT2D eigenvalue weighted by molar-refractivity contribution is 5.67. The molecule has 0 amide bonds. The molecule has 19 heavy (non-hydrogen) atoms. The van der Waals surface area contributed by atoms with Crippen molar-refractivity contribution in [2.75, 3.05) is 0 Å². The normalized spacial score (nSPS) is 10.8. The highest BCUT2D eigenvalue weighted by Crippen LogP contribution is 2.36. The fraction of sp³-hybridized carbons (Fsp3) is 0. The number of hydrogen-bond acceptors (Lipinski definition) is 2. The molecule has 0 heterocycles. The summed E-state index contributed by atoms with van der Waals surface area (Å²) in [5, 5.41) is 17.7. The monoisotopic (exact) mass is 276 g/mol. The van der Waals surface area contributed by atoms with Gasteiger partial charge in [-0.2, -0.15) is 8.78 Å². The Bertz CT molecular complexity index is 641. The molecule has 0 spiro atoms. The first-order valence-electron chi connectivity index (χ1n) is 4.88. The van der Waals surface area contributed by atoms with E-state index in [1.165, 1.54) is 0 Å². The first kappa shape index (κ1) is 13.1. The third-order valence-corrected chi connectivity index (χ3v) is 2.46. The molecule has 0 saturated heterocycles. The number of benzene rings is 2. The molecular formula is C12H5F5O2. The average molecular weight is 276 g/mol. The van der Waals surface area contributed by atoms with Gasteiger partial charge in [-0.15, -0.1) is 0 Å². The molecule has 2 aromatic rings. The standard InChI is InChI=1S/C12H5F5O2/c13-6-3-4(18)1-2-5(6)7-8(14)10(16)12(19)11(17)9(7)15/h1-3,18-19H. The molecule has 0 unspecified atom stereocenters. The summed E-state index contributed by atoms with van der Waals surface area (Å²) in [5.74, 6) is -11.5. The molecular weight excluding hydrogens is 271 g/mol. The number of phenols is 2. The van der Waals surface area contributed by atoms with E-state index in [9.17, 15) is 22.0 Å². The Morgan fingerprint density at radius 1 is 0.737 bits per heavy atom. The Morgan fingerprint density at radius 2 is 1.26 bits per heavy atom. The van der Waals surface area contributed by atoms with Gasteiger partial charge in [-0.05, 0) is 12.1 Å². The van der Waals surface area contributed by atoms with Gasteiger partial charge in [0.05, 0.1) is 5.56 Å². The van der Waals surface area contributed by atoms with Gasteiger partial charge in [-0.1, -0.05) is 0 Å². The number of phenolic OH excluding ortho intramolecular Hbond substituents is 2. The van der Waals surface area contributed by atoms with Crippen LogP contribution in [-0.4, -0.2) is 10.2 Å². The van der Waals surface area contributed by atoms with Crippen molar-refractivity contribution >= 4 is 0 Å². The predicted octanol–water partition coefficient (Wildman–Crippen LogP) is 3.46. The summed E-state index contributed by atoms with van der Waals surface area (Å²) in [6.45, 7) is 0. The molecule has 0 aliphatic carbocycles. The maximum atomic E-state index is 13.5. The molecule has 0 aromatic heterocycles. The summed E-state index contributed by atoms with van der Waals surface area (Å²) in [4.78, 5) is 0. The lowest BCUT2D eigenvalue weighted by molar-refractivity contribution is 0.358. The summed E-state index contributed by atoms with van der Waals surface area (Å²) in [7, 11) is 0. The Balaban J connectivity index is 2.83. The van der Waals surface area contributed by atoms with Crippen LogP contribution in [0.25, 0.3) is 11.1 Å². The van der Waals surface area contributed by atoms with Crippen LogP contribution in [0.2, 0.25) is 0 Å². The van der Waals surface area contributed by atoms with Crippen molar-refractivity contribution in [3.05, 3.63) is 47.3 Å². The molecule has 2 N–H and O–H groups in total. The summed E-state index contributed by atoms with van der Waals surface area (Å²) in [6, 6.07) is 2.17. The Kier molecular flexibility index (Phi) is 3.05. The third-order valence-electron chi connectivity index (χ3n) is 2.46. The van der Waals surface area contributed by atoms with Crippen molar-refractivity contribution < 1.29 is 32.2 Å². The van der Waals surface area contributed by atoms with Crippen LogP contribution >= 0.6 is 0 Å². The minimum absolute atomic E-state index is 0.525. The van der Waals surface area contributed by atoms with Gasteiger partial charge < -0.3 is 10.2 Å². The number of halogens is 5. The van der Waals surface area contributed by atoms with E-state index >= 15 is 0 Å². The van der Waals surface area contributed by atoms with Crippen LogP contribution in [0.15, 0.2) is 18.2 Å². The van der Waals surface area contributed by atoms with E-state index in [0.29, 0.717) is 6.07 Å². The lowest BCUT2D eigenvalue weighted by Crippen LogP contribution is -2.01. The summed E-state index contributed by atoms with van der Waals surface area (Å²) >= 11 is 0. The second-order valence-electron chi connectivity index (χ2n) is 3.64. The van der Waals surface area contributed by atoms with E-state index < -0.39 is 51.7 Å². The average Bonchev–Trinajstić information content (AvgIpc) is 2.37. The topological polar surface area (TPSA) is 40.5 Å². The third kappa shape index (κ3) is 1.96. The fourth-order valence-corrected chi connectivity index (χ4v) is 1.56. The molecule has 0 aliphatic rings. The van der Waals surface area contributed by atoms with Gasteiger partial charge in [-0.25, -0.2) is 13.2 Å². The van der Waals surface area contributed by atoms with Gasteiger partial charge in [0, 0.05) is 11.6 Å². The molecule has 0 saturated carbocycles. The minimum Gasteiger partial charge on any atom is -0.508 e. The van der Waals surface area contributed by atoms with Crippen molar-refractivity contribution in [2.24, 2.45) is 0 Å². The van der Waals surface area contributed by atoms with E-state index in [-0.39, 0.29) is 0 Å². The van der Waals surface area contributed by atoms with Crippen molar-refractivity contribution in [2.45, 2.75) is 0 Å². The van der Waals surface area contributed by atoms with Gasteiger partial charge in [0.2, 0.25) is 11.6 Å². The molecule has 2 rings (SSSR count). The van der Waals surface area contributed by atoms with E-state index in [1.54, 1.807) is 0 Å². The van der Waals surface area contributed by atoms with Gasteiger partial charge in [0.1, 0.15) is 11.6 Å². The van der Waals surface area contributed by atoms with Crippen molar-refractivity contribution in [1.82, 2.24) is 0 Å². The van der Waals surface area contributed by atoms with Crippen LogP contribution in [0.5, 0.6) is 11.5 Å². The van der Waals surface area contributed by atoms with Crippen LogP contribution in [0.3, 0.4) is 0 Å². The smallest absolute Gasteiger partial charge is 0.204 e. The zero-order valence-electron chi connectivity index (χ0n) is 9.02. The Morgan fingerprint density at radius 3 is 1.74 bits per heavy atom. The second-order valence-corrected chi connectivity index (χ2v) is 3.64. The van der Waals surface area contributed by atoms with Crippen LogP contribution < -0.4 is 0 Å². The first-order valence-corrected chi connectivity index (χ1v) is 4.88. The maximum absolute atomic E-state index is 13.5. The Labute approximate surface area is 103 Å². The second kappa shape index (κ2) is 4.42. The highest BCUT2D eigenvalue weighted by Gasteiger charge is 2.27. The van der Waals surface area contributed by atoms with Crippen LogP contribution in [0.1, 0.15) is 0 Å². The molecule has 0 fully saturated rings. The number of aromatic hydroxyl groups is 2. The number of hydrogen-bond donors (Lipinski definition) is 2. The van der Waals surface area contributed by atoms with Gasteiger partial charge >= 0.3 is 0 Å². The maximum Gasteiger partial charge on any atom is 0.204 e. The van der Waals surface area contributed by atoms with Gasteiger partial charge in [0.25, 0.3) is 0 Å². The van der Waals surface area contributed by atoms with Crippen molar-refractivity contribution in [1.29, 1.82) is 0 Å². The van der Waals surface area contributed by atoms with Crippen molar-refractivity contribution in [3.63, 3.8) is 0 Å². The zero-order chi connectivity index (χ0) is 14.3. The van der Waals surface area contributed by atoms with Gasteiger partial charge in [0.15, 0.2) is 17.4 Å². The largest absolute Gasteiger partial charge is 0.508 e. The zero-order valence-corrected chi connectivity index (χ0v) is 9.02. The van der Waals surface area contributed by atoms with Crippen LogP contribution in [0, 0.1) is 29.1 Å². The van der Waals surface area contributed by atoms with E-state index in [2.05, 4.69) is 0 Å². The first-order chi connectivity index (χ1) is 8.84. The molecule has 0 bridgehead atoms. The summed E-state index contributed by atoms with van der Waals surface area (Å²) in [5.41, 5.74) is -2.09. The minimum atomic E-state index is -2.03. The molecule has 2 aromatic carbocycles. The number of rotatable bonds is 1. The summed E-state index contributed by atoms with van der Waals surface area (Å²) < 4.78 is 66.7. The quantitative estimate of drug-likeness (QED) is 0.618. The highest BCUT2D eigenvalue weighted by atomic mass is 19.2. The van der Waals surface area contributed by atoms with Crippen LogP contribution in [-0.2, 0) is 0 Å². The SMILES string of the molecule is Oc1ccc(-c2c(F)c(F)c(O)c(F)c2F)c(F)c1. The molecule has 100 valence electrons. The van der Waals surface area contributed by atoms with Crippen molar-refractivity contribution in [3.8, 4) is 22.6 Å².